The molecule has 152 valence electrons. The van der Waals surface area contributed by atoms with Crippen LogP contribution < -0.4 is 10.6 Å². The zero-order chi connectivity index (χ0) is 20.8. The molecule has 0 aliphatic heterocycles. The number of ether oxygens (including phenoxy) is 1. The van der Waals surface area contributed by atoms with Gasteiger partial charge in [-0.1, -0.05) is 48.5 Å². The fraction of sp³-hybridized carbons (Fsp3) is 0.286. The Kier molecular flexibility index (Phi) is 6.46. The van der Waals surface area contributed by atoms with Gasteiger partial charge < -0.3 is 25.6 Å². The molecular weight excluding hydrogens is 376 g/mol. The van der Waals surface area contributed by atoms with E-state index in [2.05, 4.69) is 10.6 Å². The molecule has 4 N–H and O–H groups in total. The molecule has 0 heterocycles. The van der Waals surface area contributed by atoms with E-state index in [1.807, 2.05) is 48.5 Å². The summed E-state index contributed by atoms with van der Waals surface area (Å²) in [5.41, 5.74) is 4.38. The van der Waals surface area contributed by atoms with Gasteiger partial charge in [-0.15, -0.1) is 0 Å². The fourth-order valence-corrected chi connectivity index (χ4v) is 3.43. The van der Waals surface area contributed by atoms with Crippen LogP contribution >= 0.6 is 0 Å². The van der Waals surface area contributed by atoms with Crippen molar-refractivity contribution in [3.63, 3.8) is 0 Å². The molecule has 0 bridgehead atoms. The molecule has 1 atom stereocenters. The van der Waals surface area contributed by atoms with Crippen LogP contribution in [0.25, 0.3) is 11.1 Å². The topological polar surface area (TPSA) is 125 Å². The summed E-state index contributed by atoms with van der Waals surface area (Å²) in [4.78, 5) is 34.8. The summed E-state index contributed by atoms with van der Waals surface area (Å²) < 4.78 is 5.30. The highest BCUT2D eigenvalue weighted by atomic mass is 16.5. The summed E-state index contributed by atoms with van der Waals surface area (Å²) >= 11 is 0. The number of carbonyl (C=O) groups excluding carboxylic acids is 2. The van der Waals surface area contributed by atoms with Gasteiger partial charge in [-0.05, 0) is 22.3 Å². The Hall–Kier alpha value is -3.39. The predicted molar refractivity (Wildman–Crippen MR) is 104 cm³/mol. The van der Waals surface area contributed by atoms with Gasteiger partial charge >= 0.3 is 12.1 Å². The number of alkyl carbamates (subject to hydrolysis) is 1. The molecule has 8 nitrogen and oxygen atoms in total. The van der Waals surface area contributed by atoms with E-state index in [0.29, 0.717) is 0 Å². The highest BCUT2D eigenvalue weighted by Crippen LogP contribution is 2.44. The molecule has 1 aliphatic carbocycles. The number of carbonyl (C=O) groups is 3. The van der Waals surface area contributed by atoms with Crippen LogP contribution in [0.4, 0.5) is 4.79 Å². The number of aliphatic hydroxyl groups is 1. The van der Waals surface area contributed by atoms with Gasteiger partial charge in [-0.3, -0.25) is 4.79 Å². The van der Waals surface area contributed by atoms with Crippen LogP contribution in [0.1, 0.15) is 23.5 Å². The summed E-state index contributed by atoms with van der Waals surface area (Å²) in [5, 5.41) is 22.3. The summed E-state index contributed by atoms with van der Waals surface area (Å²) in [7, 11) is 0. The first-order chi connectivity index (χ1) is 14.0. The third kappa shape index (κ3) is 4.72. The summed E-state index contributed by atoms with van der Waals surface area (Å²) in [6.45, 7) is -0.688. The van der Waals surface area contributed by atoms with E-state index in [-0.39, 0.29) is 25.6 Å². The van der Waals surface area contributed by atoms with E-state index in [4.69, 9.17) is 14.9 Å². The van der Waals surface area contributed by atoms with Gasteiger partial charge in [0.2, 0.25) is 5.91 Å². The number of amides is 2. The first-order valence-electron chi connectivity index (χ1n) is 9.23. The first kappa shape index (κ1) is 20.3. The van der Waals surface area contributed by atoms with Crippen LogP contribution in [-0.4, -0.2) is 54.0 Å². The van der Waals surface area contributed by atoms with Crippen molar-refractivity contribution in [1.29, 1.82) is 0 Å². The predicted octanol–water partition coefficient (Wildman–Crippen LogP) is 1.48. The zero-order valence-electron chi connectivity index (χ0n) is 15.6. The van der Waals surface area contributed by atoms with Crippen molar-refractivity contribution in [1.82, 2.24) is 10.6 Å². The molecule has 1 aliphatic rings. The number of nitrogens with one attached hydrogen (secondary N) is 2. The number of hydrogen-bond donors (Lipinski definition) is 4. The number of benzene rings is 2. The van der Waals surface area contributed by atoms with Crippen molar-refractivity contribution < 1.29 is 29.3 Å². The molecule has 29 heavy (non-hydrogen) atoms. The van der Waals surface area contributed by atoms with Crippen LogP contribution in [-0.2, 0) is 14.3 Å². The van der Waals surface area contributed by atoms with E-state index in [0.717, 1.165) is 22.3 Å². The summed E-state index contributed by atoms with van der Waals surface area (Å²) in [6, 6.07) is 14.7. The average Bonchev–Trinajstić information content (AvgIpc) is 3.04. The highest BCUT2D eigenvalue weighted by molar-refractivity contribution is 5.86. The number of aliphatic carboxylic acids is 1. The van der Waals surface area contributed by atoms with Crippen LogP contribution in [0.5, 0.6) is 0 Å². The van der Waals surface area contributed by atoms with Crippen molar-refractivity contribution in [3.05, 3.63) is 59.7 Å². The third-order valence-electron chi connectivity index (χ3n) is 4.79. The van der Waals surface area contributed by atoms with E-state index in [1.54, 1.807) is 0 Å². The Balaban J connectivity index is 1.54. The van der Waals surface area contributed by atoms with Crippen molar-refractivity contribution in [2.24, 2.45) is 0 Å². The lowest BCUT2D eigenvalue weighted by molar-refractivity contribution is -0.142. The standard InChI is InChI=1S/C21H22N2O6/c24-10-9-18(20(26)27)23-19(25)11-22-21(28)29-12-17-15-7-3-1-5-13(15)14-6-2-4-8-16(14)17/h1-8,17-18,24H,9-12H2,(H,22,28)(H,23,25)(H,26,27). The molecule has 0 saturated carbocycles. The quantitative estimate of drug-likeness (QED) is 0.534. The monoisotopic (exact) mass is 398 g/mol. The van der Waals surface area contributed by atoms with Gasteiger partial charge in [0.1, 0.15) is 19.2 Å². The molecule has 1 unspecified atom stereocenters. The van der Waals surface area contributed by atoms with Gasteiger partial charge in [0, 0.05) is 18.9 Å². The van der Waals surface area contributed by atoms with Gasteiger partial charge in [0.15, 0.2) is 0 Å². The number of aliphatic hydroxyl groups excluding tert-OH is 1. The van der Waals surface area contributed by atoms with Crippen molar-refractivity contribution in [2.45, 2.75) is 18.4 Å². The molecule has 0 fully saturated rings. The van der Waals surface area contributed by atoms with E-state index < -0.39 is 30.6 Å². The molecule has 2 aromatic rings. The maximum atomic E-state index is 12.0. The van der Waals surface area contributed by atoms with E-state index in [1.165, 1.54) is 0 Å². The second-order valence-electron chi connectivity index (χ2n) is 6.65. The molecule has 8 heteroatoms. The minimum Gasteiger partial charge on any atom is -0.480 e. The second kappa shape index (κ2) is 9.20. The number of rotatable bonds is 8. The molecule has 0 saturated heterocycles. The molecule has 2 aromatic carbocycles. The third-order valence-corrected chi connectivity index (χ3v) is 4.79. The van der Waals surface area contributed by atoms with E-state index >= 15 is 0 Å². The summed E-state index contributed by atoms with van der Waals surface area (Å²) in [6.07, 6.45) is -0.887. The van der Waals surface area contributed by atoms with Crippen molar-refractivity contribution in [3.8, 4) is 11.1 Å². The lowest BCUT2D eigenvalue weighted by Gasteiger charge is -2.15. The van der Waals surface area contributed by atoms with Gasteiger partial charge in [-0.25, -0.2) is 9.59 Å². The molecule has 0 aromatic heterocycles. The van der Waals surface area contributed by atoms with Crippen molar-refractivity contribution >= 4 is 18.0 Å². The Morgan fingerprint density at radius 1 is 1.00 bits per heavy atom. The number of hydrogen-bond acceptors (Lipinski definition) is 5. The fourth-order valence-electron chi connectivity index (χ4n) is 3.43. The Morgan fingerprint density at radius 2 is 1.59 bits per heavy atom. The highest BCUT2D eigenvalue weighted by Gasteiger charge is 2.29. The maximum Gasteiger partial charge on any atom is 0.407 e. The van der Waals surface area contributed by atoms with Crippen LogP contribution in [0.2, 0.25) is 0 Å². The zero-order valence-corrected chi connectivity index (χ0v) is 15.6. The normalized spacial score (nSPS) is 13.1. The molecular formula is C21H22N2O6. The Morgan fingerprint density at radius 3 is 2.14 bits per heavy atom. The smallest absolute Gasteiger partial charge is 0.407 e. The molecule has 0 radical (unpaired) electrons. The lowest BCUT2D eigenvalue weighted by atomic mass is 9.98. The number of fused-ring (bicyclic) bond motifs is 3. The van der Waals surface area contributed by atoms with Crippen LogP contribution in [0.15, 0.2) is 48.5 Å². The lowest BCUT2D eigenvalue weighted by Crippen LogP contribution is -2.46. The first-order valence-corrected chi connectivity index (χ1v) is 9.23. The van der Waals surface area contributed by atoms with Gasteiger partial charge in [0.25, 0.3) is 0 Å². The maximum absolute atomic E-state index is 12.0. The number of carboxylic acids is 1. The van der Waals surface area contributed by atoms with E-state index in [9.17, 15) is 14.4 Å². The molecule has 0 spiro atoms. The molecule has 2 amide bonds. The number of carboxylic acid groups (broad SMARTS) is 1. The van der Waals surface area contributed by atoms with Gasteiger partial charge in [-0.2, -0.15) is 0 Å². The van der Waals surface area contributed by atoms with Gasteiger partial charge in [0.05, 0.1) is 0 Å². The SMILES string of the molecule is O=C(CNC(=O)OCC1c2ccccc2-c2ccccc21)NC(CCO)C(=O)O. The van der Waals surface area contributed by atoms with Crippen LogP contribution in [0, 0.1) is 0 Å². The second-order valence-corrected chi connectivity index (χ2v) is 6.65. The Labute approximate surface area is 167 Å². The Bertz CT molecular complexity index is 868. The minimum absolute atomic E-state index is 0.0945. The largest absolute Gasteiger partial charge is 0.480 e. The minimum atomic E-state index is -1.26. The van der Waals surface area contributed by atoms with Crippen LogP contribution in [0.3, 0.4) is 0 Å². The summed E-state index contributed by atoms with van der Waals surface area (Å²) in [5.74, 6) is -2.03. The average molecular weight is 398 g/mol. The van der Waals surface area contributed by atoms with Crippen molar-refractivity contribution in [2.75, 3.05) is 19.8 Å². The molecule has 3 rings (SSSR count).